The molecule has 0 bridgehead atoms. The van der Waals surface area contributed by atoms with Crippen molar-refractivity contribution < 1.29 is 52.5 Å². The van der Waals surface area contributed by atoms with Gasteiger partial charge in [0.15, 0.2) is 12.2 Å². The summed E-state index contributed by atoms with van der Waals surface area (Å²) in [6, 6.07) is 0. The number of fused-ring (bicyclic) bond motifs is 1. The lowest BCUT2D eigenvalue weighted by Gasteiger charge is -2.24. The van der Waals surface area contributed by atoms with Gasteiger partial charge in [0.2, 0.25) is 5.91 Å². The highest BCUT2D eigenvalue weighted by Gasteiger charge is 2.58. The molecule has 0 aromatic rings. The third-order valence-corrected chi connectivity index (χ3v) is 6.13. The molecule has 3 heterocycles. The van der Waals surface area contributed by atoms with Gasteiger partial charge in [-0.05, 0) is 26.2 Å². The summed E-state index contributed by atoms with van der Waals surface area (Å²) in [5, 5.41) is 4.22. The molecule has 3 aliphatic heterocycles. The van der Waals surface area contributed by atoms with Crippen LogP contribution in [0.5, 0.6) is 0 Å². The molecule has 6 unspecified atom stereocenters. The maximum atomic E-state index is 12.7. The maximum Gasteiger partial charge on any atom is 0.414 e. The van der Waals surface area contributed by atoms with Crippen LogP contribution in [0.15, 0.2) is 48.1 Å². The molecule has 0 saturated carbocycles. The largest absolute Gasteiger partial charge is 0.465 e. The van der Waals surface area contributed by atoms with Gasteiger partial charge in [-0.1, -0.05) is 36.8 Å². The fourth-order valence-corrected chi connectivity index (χ4v) is 4.06. The third kappa shape index (κ3) is 10.8. The van der Waals surface area contributed by atoms with E-state index in [1.165, 1.54) is 18.2 Å². The Balaban J connectivity index is 1.81. The van der Waals surface area contributed by atoms with E-state index in [0.29, 0.717) is 24.8 Å². The Kier molecular flexibility index (Phi) is 11.5. The topological polar surface area (TPSA) is 179 Å². The average Bonchev–Trinajstić information content (AvgIpc) is 3.82. The highest BCUT2D eigenvalue weighted by Crippen LogP contribution is 2.39. The molecular formula is C28H34N2O11. The summed E-state index contributed by atoms with van der Waals surface area (Å²) in [7, 11) is 0. The second kappa shape index (κ2) is 15.1. The van der Waals surface area contributed by atoms with Crippen LogP contribution >= 0.6 is 0 Å². The molecule has 0 spiro atoms. The molecule has 2 saturated heterocycles. The molecule has 6 atom stereocenters. The van der Waals surface area contributed by atoms with Crippen LogP contribution in [0.25, 0.3) is 0 Å². The van der Waals surface area contributed by atoms with Crippen molar-refractivity contribution in [1.29, 1.82) is 0 Å². The van der Waals surface area contributed by atoms with Gasteiger partial charge in [0.05, 0.1) is 12.7 Å². The number of imide groups is 2. The van der Waals surface area contributed by atoms with Gasteiger partial charge in [-0.2, -0.15) is 0 Å². The summed E-state index contributed by atoms with van der Waals surface area (Å²) < 4.78 is 27.7. The smallest absolute Gasteiger partial charge is 0.414 e. The zero-order chi connectivity index (χ0) is 29.9. The first-order chi connectivity index (χ1) is 19.6. The molecule has 13 heteroatoms. The van der Waals surface area contributed by atoms with E-state index in [0.717, 1.165) is 19.1 Å². The van der Waals surface area contributed by atoms with Gasteiger partial charge in [-0.15, -0.1) is 0 Å². The summed E-state index contributed by atoms with van der Waals surface area (Å²) in [6.45, 7) is 4.77. The molecule has 13 nitrogen and oxygen atoms in total. The minimum atomic E-state index is -1.13. The van der Waals surface area contributed by atoms with E-state index in [9.17, 15) is 28.8 Å². The van der Waals surface area contributed by atoms with E-state index in [1.54, 1.807) is 26.0 Å². The first kappa shape index (κ1) is 31.4. The number of carbonyl (C=O) groups is 6. The Morgan fingerprint density at radius 2 is 1.83 bits per heavy atom. The summed E-state index contributed by atoms with van der Waals surface area (Å²) in [5.74, 6) is -3.03. The molecule has 2 N–H and O–H groups in total. The van der Waals surface area contributed by atoms with Crippen molar-refractivity contribution in [3.8, 4) is 0 Å². The van der Waals surface area contributed by atoms with Crippen LogP contribution in [0, 0.1) is 0 Å². The van der Waals surface area contributed by atoms with Crippen LogP contribution in [-0.4, -0.2) is 79.0 Å². The zero-order valence-electron chi connectivity index (χ0n) is 23.0. The van der Waals surface area contributed by atoms with Crippen LogP contribution < -0.4 is 10.6 Å². The predicted molar refractivity (Wildman–Crippen MR) is 141 cm³/mol. The number of hydrogen-bond donors (Lipinski definition) is 2. The number of allylic oxidation sites excluding steroid dienone is 3. The average molecular weight is 575 g/mol. The number of epoxide rings is 2. The number of hydrogen-bond acceptors (Lipinski definition) is 11. The minimum Gasteiger partial charge on any atom is -0.465 e. The lowest BCUT2D eigenvalue weighted by Crippen LogP contribution is -2.46. The number of rotatable bonds is 7. The summed E-state index contributed by atoms with van der Waals surface area (Å²) >= 11 is 0. The van der Waals surface area contributed by atoms with Gasteiger partial charge in [-0.3, -0.25) is 29.8 Å². The summed E-state index contributed by atoms with van der Waals surface area (Å²) in [4.78, 5) is 71.8. The Morgan fingerprint density at radius 3 is 2.56 bits per heavy atom. The number of cyclic esters (lactones) is 1. The minimum absolute atomic E-state index is 0.198. The van der Waals surface area contributed by atoms with Gasteiger partial charge in [0.1, 0.15) is 18.3 Å². The second-order valence-electron chi connectivity index (χ2n) is 9.55. The van der Waals surface area contributed by atoms with Crippen molar-refractivity contribution in [2.45, 2.75) is 83.1 Å². The van der Waals surface area contributed by atoms with Crippen LogP contribution in [0.2, 0.25) is 0 Å². The highest BCUT2D eigenvalue weighted by atomic mass is 16.7. The van der Waals surface area contributed by atoms with E-state index < -0.39 is 66.4 Å². The first-order valence-electron chi connectivity index (χ1n) is 13.3. The lowest BCUT2D eigenvalue weighted by atomic mass is 10.00. The Morgan fingerprint density at radius 1 is 1.07 bits per heavy atom. The Labute approximate surface area is 236 Å². The van der Waals surface area contributed by atoms with E-state index in [4.69, 9.17) is 23.7 Å². The van der Waals surface area contributed by atoms with Gasteiger partial charge in [0, 0.05) is 31.6 Å². The van der Waals surface area contributed by atoms with E-state index in [2.05, 4.69) is 5.32 Å². The number of esters is 2. The quantitative estimate of drug-likeness (QED) is 0.112. The SMILES string of the molecule is CCC(=O)OCC/C=C/C1OC1C1OC(=O)C=C/C=C/C(=O)NC(=O)/C=C(/C)CCC2OC2C1OC(=O)NC(C)=O. The molecule has 0 aromatic heterocycles. The van der Waals surface area contributed by atoms with Gasteiger partial charge < -0.3 is 23.7 Å². The summed E-state index contributed by atoms with van der Waals surface area (Å²) in [6.07, 6.45) is 5.42. The van der Waals surface area contributed by atoms with Crippen molar-refractivity contribution in [1.82, 2.24) is 10.6 Å². The first-order valence-corrected chi connectivity index (χ1v) is 13.3. The van der Waals surface area contributed by atoms with Crippen molar-refractivity contribution >= 4 is 35.8 Å². The number of carbonyl (C=O) groups excluding carboxylic acids is 6. The number of alkyl carbamates (subject to hydrolysis) is 1. The number of ether oxygens (including phenoxy) is 5. The molecule has 4 amide bonds. The third-order valence-electron chi connectivity index (χ3n) is 6.13. The van der Waals surface area contributed by atoms with E-state index >= 15 is 0 Å². The maximum absolute atomic E-state index is 12.7. The van der Waals surface area contributed by atoms with Crippen LogP contribution in [-0.2, 0) is 47.7 Å². The van der Waals surface area contributed by atoms with Gasteiger partial charge in [0.25, 0.3) is 11.8 Å². The second-order valence-corrected chi connectivity index (χ2v) is 9.55. The number of nitrogens with one attached hydrogen (secondary N) is 2. The normalized spacial score (nSPS) is 30.5. The van der Waals surface area contributed by atoms with Gasteiger partial charge >= 0.3 is 18.0 Å². The predicted octanol–water partition coefficient (Wildman–Crippen LogP) is 1.47. The van der Waals surface area contributed by atoms with Crippen LogP contribution in [0.3, 0.4) is 0 Å². The highest BCUT2D eigenvalue weighted by molar-refractivity contribution is 6.05. The monoisotopic (exact) mass is 574 g/mol. The molecule has 0 aliphatic carbocycles. The zero-order valence-corrected chi connectivity index (χ0v) is 23.0. The lowest BCUT2D eigenvalue weighted by molar-refractivity contribution is -0.152. The molecule has 0 radical (unpaired) electrons. The Hall–Kier alpha value is -4.10. The Bertz CT molecular complexity index is 1160. The standard InChI is InChI=1S/C28H34N2O11/c1-4-22(34)37-14-8-7-9-18-24(38-18)26-27(41-28(36)29-17(3)31)25-19(39-25)13-12-16(2)15-21(33)30-20(32)10-5-6-11-23(35)40-26/h5-7,9-11,15,18-19,24-27H,4,8,12-14H2,1-3H3,(H,29,31,36)(H,30,32,33)/b9-7+,10-5+,11-6?,16-15-. The molecular weight excluding hydrogens is 540 g/mol. The number of amides is 4. The molecule has 3 aliphatic rings. The molecule has 41 heavy (non-hydrogen) atoms. The molecule has 222 valence electrons. The van der Waals surface area contributed by atoms with Crippen LogP contribution in [0.1, 0.15) is 46.5 Å². The van der Waals surface area contributed by atoms with Crippen molar-refractivity contribution in [3.05, 3.63) is 48.1 Å². The van der Waals surface area contributed by atoms with Crippen LogP contribution in [0.4, 0.5) is 4.79 Å². The fourth-order valence-electron chi connectivity index (χ4n) is 4.06. The van der Waals surface area contributed by atoms with E-state index in [1.807, 2.05) is 5.32 Å². The molecule has 2 fully saturated rings. The van der Waals surface area contributed by atoms with Crippen molar-refractivity contribution in [2.24, 2.45) is 0 Å². The fraction of sp³-hybridized carbons (Fsp3) is 0.500. The van der Waals surface area contributed by atoms with Gasteiger partial charge in [-0.25, -0.2) is 9.59 Å². The molecule has 0 aromatic carbocycles. The molecule has 3 rings (SSSR count). The van der Waals surface area contributed by atoms with Crippen molar-refractivity contribution in [3.63, 3.8) is 0 Å². The van der Waals surface area contributed by atoms with Crippen molar-refractivity contribution in [2.75, 3.05) is 6.61 Å². The summed E-state index contributed by atoms with van der Waals surface area (Å²) in [5.41, 5.74) is 0.688. The van der Waals surface area contributed by atoms with E-state index in [-0.39, 0.29) is 19.0 Å².